The second-order valence-corrected chi connectivity index (χ2v) is 5.58. The number of nitrogens with zero attached hydrogens (tertiary/aromatic N) is 1. The highest BCUT2D eigenvalue weighted by atomic mass is 32.2. The molecular formula is C11H14F3NO3S. The smallest absolute Gasteiger partial charge is 0.252 e. The summed E-state index contributed by atoms with van der Waals surface area (Å²) in [5.74, 6) is -0.979. The highest BCUT2D eigenvalue weighted by Gasteiger charge is 2.26. The topological polar surface area (TPSA) is 46.6 Å². The second kappa shape index (κ2) is 6.25. The van der Waals surface area contributed by atoms with E-state index < -0.39 is 28.8 Å². The minimum absolute atomic E-state index is 0.105. The number of halogens is 3. The summed E-state index contributed by atoms with van der Waals surface area (Å²) in [6.45, 7) is 0.436. The van der Waals surface area contributed by atoms with Crippen LogP contribution in [0, 0.1) is 5.82 Å². The lowest BCUT2D eigenvalue weighted by molar-refractivity contribution is 0.121. The largest absolute Gasteiger partial charge is 0.494 e. The van der Waals surface area contributed by atoms with Crippen LogP contribution in [-0.4, -0.2) is 39.3 Å². The van der Waals surface area contributed by atoms with Crippen molar-refractivity contribution in [2.24, 2.45) is 0 Å². The van der Waals surface area contributed by atoms with Crippen molar-refractivity contribution >= 4 is 10.0 Å². The molecule has 0 atom stereocenters. The van der Waals surface area contributed by atoms with Gasteiger partial charge < -0.3 is 4.74 Å². The van der Waals surface area contributed by atoms with Crippen molar-refractivity contribution in [1.29, 1.82) is 0 Å². The number of hydrogen-bond donors (Lipinski definition) is 0. The lowest BCUT2D eigenvalue weighted by atomic mass is 10.3. The first-order valence-corrected chi connectivity index (χ1v) is 6.88. The molecule has 0 heterocycles. The van der Waals surface area contributed by atoms with Crippen molar-refractivity contribution in [1.82, 2.24) is 4.31 Å². The van der Waals surface area contributed by atoms with Crippen molar-refractivity contribution in [3.63, 3.8) is 0 Å². The molecule has 0 saturated heterocycles. The summed E-state index contributed by atoms with van der Waals surface area (Å²) in [6.07, 6.45) is -2.78. The summed E-state index contributed by atoms with van der Waals surface area (Å²) in [6, 6.07) is 2.90. The van der Waals surface area contributed by atoms with Gasteiger partial charge in [0.25, 0.3) is 6.43 Å². The zero-order chi connectivity index (χ0) is 14.6. The number of hydrogen-bond acceptors (Lipinski definition) is 3. The fraction of sp³-hybridized carbons (Fsp3) is 0.455. The van der Waals surface area contributed by atoms with Crippen LogP contribution in [0.2, 0.25) is 0 Å². The van der Waals surface area contributed by atoms with Crippen LogP contribution in [0.15, 0.2) is 23.1 Å². The van der Waals surface area contributed by atoms with Crippen molar-refractivity contribution < 1.29 is 26.3 Å². The average molecular weight is 297 g/mol. The molecule has 0 aromatic heterocycles. The van der Waals surface area contributed by atoms with Gasteiger partial charge in [-0.2, -0.15) is 4.31 Å². The summed E-state index contributed by atoms with van der Waals surface area (Å²) in [7, 11) is -2.90. The van der Waals surface area contributed by atoms with Crippen LogP contribution in [0.1, 0.15) is 6.92 Å². The Morgan fingerprint density at radius 3 is 2.47 bits per heavy atom. The molecule has 0 saturated carbocycles. The van der Waals surface area contributed by atoms with E-state index in [1.54, 1.807) is 0 Å². The molecule has 19 heavy (non-hydrogen) atoms. The maximum atomic E-state index is 13.2. The van der Waals surface area contributed by atoms with E-state index in [0.717, 1.165) is 18.2 Å². The molecule has 0 bridgehead atoms. The quantitative estimate of drug-likeness (QED) is 0.808. The fourth-order valence-corrected chi connectivity index (χ4v) is 2.94. The van der Waals surface area contributed by atoms with Crippen molar-refractivity contribution in [3.8, 4) is 5.75 Å². The first kappa shape index (κ1) is 15.8. The lowest BCUT2D eigenvalue weighted by Gasteiger charge is -2.20. The van der Waals surface area contributed by atoms with Gasteiger partial charge in [-0.3, -0.25) is 0 Å². The minimum atomic E-state index is -4.09. The van der Waals surface area contributed by atoms with Crippen LogP contribution in [0.25, 0.3) is 0 Å². The Bertz CT molecular complexity index is 534. The molecule has 1 rings (SSSR count). The van der Waals surface area contributed by atoms with Gasteiger partial charge >= 0.3 is 0 Å². The fourth-order valence-electron chi connectivity index (χ4n) is 1.50. The number of benzene rings is 1. The summed E-state index contributed by atoms with van der Waals surface area (Å²) in [5, 5.41) is 0. The summed E-state index contributed by atoms with van der Waals surface area (Å²) in [5.41, 5.74) is 0. The van der Waals surface area contributed by atoms with Crippen LogP contribution < -0.4 is 4.74 Å². The molecule has 0 fully saturated rings. The molecule has 108 valence electrons. The van der Waals surface area contributed by atoms with E-state index in [4.69, 9.17) is 0 Å². The number of alkyl halides is 2. The van der Waals surface area contributed by atoms with Gasteiger partial charge in [0.2, 0.25) is 10.0 Å². The molecule has 0 N–H and O–H groups in total. The third-order valence-corrected chi connectivity index (χ3v) is 4.39. The predicted octanol–water partition coefficient (Wildman–Crippen LogP) is 2.11. The van der Waals surface area contributed by atoms with Gasteiger partial charge in [-0.15, -0.1) is 0 Å². The van der Waals surface area contributed by atoms with E-state index in [1.165, 1.54) is 14.0 Å². The molecule has 0 radical (unpaired) electrons. The Morgan fingerprint density at radius 1 is 1.37 bits per heavy atom. The Morgan fingerprint density at radius 2 is 2.00 bits per heavy atom. The zero-order valence-corrected chi connectivity index (χ0v) is 11.3. The first-order chi connectivity index (χ1) is 8.82. The molecule has 0 aliphatic carbocycles. The highest BCUT2D eigenvalue weighted by Crippen LogP contribution is 2.24. The molecule has 1 aromatic carbocycles. The molecule has 1 aromatic rings. The first-order valence-electron chi connectivity index (χ1n) is 5.44. The highest BCUT2D eigenvalue weighted by molar-refractivity contribution is 7.89. The molecule has 0 aliphatic rings. The van der Waals surface area contributed by atoms with Gasteiger partial charge in [-0.25, -0.2) is 21.6 Å². The van der Waals surface area contributed by atoms with Gasteiger partial charge in [-0.1, -0.05) is 6.92 Å². The third kappa shape index (κ3) is 3.60. The van der Waals surface area contributed by atoms with Gasteiger partial charge in [0.1, 0.15) is 0 Å². The third-order valence-electron chi connectivity index (χ3n) is 2.45. The summed E-state index contributed by atoms with van der Waals surface area (Å²) in [4.78, 5) is -0.284. The lowest BCUT2D eigenvalue weighted by Crippen LogP contribution is -2.34. The summed E-state index contributed by atoms with van der Waals surface area (Å²) >= 11 is 0. The van der Waals surface area contributed by atoms with Crippen LogP contribution in [0.3, 0.4) is 0 Å². The minimum Gasteiger partial charge on any atom is -0.494 e. The Hall–Kier alpha value is -1.28. The van der Waals surface area contributed by atoms with E-state index in [2.05, 4.69) is 4.74 Å². The predicted molar refractivity (Wildman–Crippen MR) is 63.4 cm³/mol. The zero-order valence-electron chi connectivity index (χ0n) is 10.4. The van der Waals surface area contributed by atoms with Crippen molar-refractivity contribution in [2.45, 2.75) is 18.2 Å². The maximum absolute atomic E-state index is 13.2. The Labute approximate surface area is 109 Å². The van der Waals surface area contributed by atoms with Crippen LogP contribution in [0.4, 0.5) is 13.2 Å². The van der Waals surface area contributed by atoms with Gasteiger partial charge in [0.15, 0.2) is 11.6 Å². The molecule has 4 nitrogen and oxygen atoms in total. The Balaban J connectivity index is 3.18. The molecule has 8 heteroatoms. The van der Waals surface area contributed by atoms with E-state index in [0.29, 0.717) is 4.31 Å². The van der Waals surface area contributed by atoms with E-state index in [-0.39, 0.29) is 17.2 Å². The number of ether oxygens (including phenoxy) is 1. The van der Waals surface area contributed by atoms with Crippen LogP contribution >= 0.6 is 0 Å². The molecule has 0 unspecified atom stereocenters. The maximum Gasteiger partial charge on any atom is 0.252 e. The standard InChI is InChI=1S/C11H14F3NO3S/c1-3-15(7-11(13)14)19(16,17)8-4-5-9(12)10(6-8)18-2/h4-6,11H,3,7H2,1-2H3. The summed E-state index contributed by atoms with van der Waals surface area (Å²) < 4.78 is 67.4. The van der Waals surface area contributed by atoms with Crippen molar-refractivity contribution in [2.75, 3.05) is 20.2 Å². The molecular weight excluding hydrogens is 283 g/mol. The monoisotopic (exact) mass is 297 g/mol. The number of rotatable bonds is 6. The SMILES string of the molecule is CCN(CC(F)F)S(=O)(=O)c1ccc(F)c(OC)c1. The normalized spacial score (nSPS) is 12.2. The second-order valence-electron chi connectivity index (χ2n) is 3.64. The molecule has 0 spiro atoms. The van der Waals surface area contributed by atoms with Crippen LogP contribution in [-0.2, 0) is 10.0 Å². The molecule has 0 aliphatic heterocycles. The van der Waals surface area contributed by atoms with E-state index in [1.807, 2.05) is 0 Å². The molecule has 0 amide bonds. The number of methoxy groups -OCH3 is 1. The van der Waals surface area contributed by atoms with Gasteiger partial charge in [0, 0.05) is 12.6 Å². The van der Waals surface area contributed by atoms with Crippen molar-refractivity contribution in [3.05, 3.63) is 24.0 Å². The van der Waals surface area contributed by atoms with E-state index >= 15 is 0 Å². The van der Waals surface area contributed by atoms with Gasteiger partial charge in [0.05, 0.1) is 18.6 Å². The van der Waals surface area contributed by atoms with E-state index in [9.17, 15) is 21.6 Å². The van der Waals surface area contributed by atoms with Gasteiger partial charge in [-0.05, 0) is 12.1 Å². The number of sulfonamides is 1. The average Bonchev–Trinajstić information content (AvgIpc) is 2.35. The van der Waals surface area contributed by atoms with Crippen LogP contribution in [0.5, 0.6) is 5.75 Å². The Kier molecular flexibility index (Phi) is 5.19.